The van der Waals surface area contributed by atoms with Crippen LogP contribution in [-0.2, 0) is 6.61 Å². The zero-order valence-corrected chi connectivity index (χ0v) is 10.2. The van der Waals surface area contributed by atoms with E-state index in [4.69, 9.17) is 5.11 Å². The summed E-state index contributed by atoms with van der Waals surface area (Å²) in [6, 6.07) is 6.06. The number of aliphatic hydroxyl groups is 1. The number of hydrogen-bond acceptors (Lipinski definition) is 2. The van der Waals surface area contributed by atoms with Crippen molar-refractivity contribution in [1.29, 1.82) is 0 Å². The van der Waals surface area contributed by atoms with Gasteiger partial charge >= 0.3 is 0 Å². The minimum absolute atomic E-state index is 0.0825. The van der Waals surface area contributed by atoms with Gasteiger partial charge in [0.1, 0.15) is 0 Å². The van der Waals surface area contributed by atoms with Gasteiger partial charge in [-0.15, -0.1) is 0 Å². The average molecular weight is 258 g/mol. The number of anilines is 1. The molecule has 0 saturated carbocycles. The molecule has 0 aromatic heterocycles. The maximum absolute atomic E-state index is 9.02. The monoisotopic (exact) mass is 257 g/mol. The number of halogens is 1. The third-order valence-electron chi connectivity index (χ3n) is 2.34. The highest BCUT2D eigenvalue weighted by molar-refractivity contribution is 9.10. The van der Waals surface area contributed by atoms with E-state index in [1.807, 2.05) is 12.1 Å². The minimum Gasteiger partial charge on any atom is -0.392 e. The molecule has 0 unspecified atom stereocenters. The van der Waals surface area contributed by atoms with Crippen LogP contribution < -0.4 is 4.90 Å². The van der Waals surface area contributed by atoms with Crippen molar-refractivity contribution >= 4 is 21.6 Å². The van der Waals surface area contributed by atoms with E-state index in [1.54, 1.807) is 0 Å². The van der Waals surface area contributed by atoms with E-state index in [-0.39, 0.29) is 6.61 Å². The van der Waals surface area contributed by atoms with Crippen LogP contribution in [0.5, 0.6) is 0 Å². The quantitative estimate of drug-likeness (QED) is 0.897. The van der Waals surface area contributed by atoms with Gasteiger partial charge in [-0.1, -0.05) is 22.0 Å². The Hall–Kier alpha value is -0.540. The molecule has 0 spiro atoms. The van der Waals surface area contributed by atoms with Crippen molar-refractivity contribution in [3.63, 3.8) is 0 Å². The van der Waals surface area contributed by atoms with E-state index in [1.165, 1.54) is 5.69 Å². The van der Waals surface area contributed by atoms with Gasteiger partial charge in [0, 0.05) is 23.2 Å². The summed E-state index contributed by atoms with van der Waals surface area (Å²) in [7, 11) is 0. The summed E-state index contributed by atoms with van der Waals surface area (Å²) in [5, 5.41) is 9.02. The van der Waals surface area contributed by atoms with Crippen LogP contribution in [0.4, 0.5) is 5.69 Å². The molecule has 0 radical (unpaired) electrons. The first-order valence-corrected chi connectivity index (χ1v) is 5.66. The lowest BCUT2D eigenvalue weighted by atomic mass is 10.2. The first-order valence-electron chi connectivity index (χ1n) is 4.87. The predicted octanol–water partition coefficient (Wildman–Crippen LogP) is 2.79. The molecule has 0 saturated heterocycles. The van der Waals surface area contributed by atoms with E-state index in [0.29, 0.717) is 0 Å². The average Bonchev–Trinajstić information content (AvgIpc) is 2.20. The first-order chi connectivity index (χ1) is 6.72. The van der Waals surface area contributed by atoms with Crippen molar-refractivity contribution in [3.05, 3.63) is 28.2 Å². The molecule has 0 aliphatic heterocycles. The van der Waals surface area contributed by atoms with Gasteiger partial charge in [0.05, 0.1) is 6.61 Å². The van der Waals surface area contributed by atoms with Crippen LogP contribution in [0.15, 0.2) is 22.7 Å². The lowest BCUT2D eigenvalue weighted by molar-refractivity contribution is 0.281. The normalized spacial score (nSPS) is 10.3. The highest BCUT2D eigenvalue weighted by Crippen LogP contribution is 2.24. The molecule has 14 heavy (non-hydrogen) atoms. The third-order valence-corrected chi connectivity index (χ3v) is 3.07. The lowest BCUT2D eigenvalue weighted by Crippen LogP contribution is -2.21. The Balaban J connectivity index is 2.95. The maximum atomic E-state index is 9.02. The molecule has 1 aromatic rings. The van der Waals surface area contributed by atoms with Gasteiger partial charge in [-0.25, -0.2) is 0 Å². The third kappa shape index (κ3) is 2.49. The van der Waals surface area contributed by atoms with Crippen LogP contribution in [0.1, 0.15) is 19.4 Å². The number of benzene rings is 1. The Kier molecular flexibility index (Phi) is 4.42. The molecule has 0 heterocycles. The summed E-state index contributed by atoms with van der Waals surface area (Å²) < 4.78 is 0.976. The fourth-order valence-electron chi connectivity index (χ4n) is 1.45. The second-order valence-electron chi connectivity index (χ2n) is 3.11. The van der Waals surface area contributed by atoms with E-state index in [9.17, 15) is 0 Å². The summed E-state index contributed by atoms with van der Waals surface area (Å²) in [5.41, 5.74) is 2.12. The van der Waals surface area contributed by atoms with Crippen molar-refractivity contribution in [3.8, 4) is 0 Å². The number of nitrogens with zero attached hydrogens (tertiary/aromatic N) is 1. The highest BCUT2D eigenvalue weighted by atomic mass is 79.9. The SMILES string of the molecule is CCN(CC)c1ccc(CO)c(Br)c1. The smallest absolute Gasteiger partial charge is 0.0692 e. The molecule has 0 bridgehead atoms. The van der Waals surface area contributed by atoms with Gasteiger partial charge in [0.2, 0.25) is 0 Å². The second kappa shape index (κ2) is 5.37. The van der Waals surface area contributed by atoms with Crippen LogP contribution in [-0.4, -0.2) is 18.2 Å². The summed E-state index contributed by atoms with van der Waals surface area (Å²) in [6.45, 7) is 6.36. The summed E-state index contributed by atoms with van der Waals surface area (Å²) in [5.74, 6) is 0. The van der Waals surface area contributed by atoms with E-state index < -0.39 is 0 Å². The number of aliphatic hydroxyl groups excluding tert-OH is 1. The molecule has 0 aliphatic rings. The molecule has 0 fully saturated rings. The summed E-state index contributed by atoms with van der Waals surface area (Å²) in [6.07, 6.45) is 0. The first kappa shape index (κ1) is 11.5. The van der Waals surface area contributed by atoms with Gasteiger partial charge in [0.15, 0.2) is 0 Å². The van der Waals surface area contributed by atoms with Gasteiger partial charge in [-0.2, -0.15) is 0 Å². The van der Waals surface area contributed by atoms with E-state index in [2.05, 4.69) is 40.7 Å². The molecule has 1 N–H and O–H groups in total. The predicted molar refractivity (Wildman–Crippen MR) is 63.6 cm³/mol. The van der Waals surface area contributed by atoms with Crippen molar-refractivity contribution < 1.29 is 5.11 Å². The zero-order valence-electron chi connectivity index (χ0n) is 8.63. The molecule has 0 aliphatic carbocycles. The van der Waals surface area contributed by atoms with Gasteiger partial charge in [-0.3, -0.25) is 0 Å². The standard InChI is InChI=1S/C11H16BrNO/c1-3-13(4-2)10-6-5-9(8-14)11(12)7-10/h5-7,14H,3-4,8H2,1-2H3. The van der Waals surface area contributed by atoms with Crippen molar-refractivity contribution in [2.75, 3.05) is 18.0 Å². The Morgan fingerprint density at radius 2 is 1.93 bits per heavy atom. The van der Waals surface area contributed by atoms with Gasteiger partial charge in [-0.05, 0) is 31.5 Å². The Morgan fingerprint density at radius 1 is 1.29 bits per heavy atom. The number of hydrogen-bond donors (Lipinski definition) is 1. The van der Waals surface area contributed by atoms with Crippen molar-refractivity contribution in [1.82, 2.24) is 0 Å². The Labute approximate surface area is 93.7 Å². The molecule has 0 atom stereocenters. The van der Waals surface area contributed by atoms with Crippen LogP contribution in [0.2, 0.25) is 0 Å². The summed E-state index contributed by atoms with van der Waals surface area (Å²) in [4.78, 5) is 2.27. The molecular weight excluding hydrogens is 242 g/mol. The highest BCUT2D eigenvalue weighted by Gasteiger charge is 2.04. The van der Waals surface area contributed by atoms with Crippen LogP contribution >= 0.6 is 15.9 Å². The zero-order chi connectivity index (χ0) is 10.6. The minimum atomic E-state index is 0.0825. The molecule has 1 aromatic carbocycles. The van der Waals surface area contributed by atoms with Crippen LogP contribution in [0.3, 0.4) is 0 Å². The Morgan fingerprint density at radius 3 is 2.36 bits per heavy atom. The molecule has 1 rings (SSSR count). The maximum Gasteiger partial charge on any atom is 0.0692 e. The molecule has 0 amide bonds. The van der Waals surface area contributed by atoms with Gasteiger partial charge in [0.25, 0.3) is 0 Å². The topological polar surface area (TPSA) is 23.5 Å². The van der Waals surface area contributed by atoms with Crippen molar-refractivity contribution in [2.24, 2.45) is 0 Å². The van der Waals surface area contributed by atoms with Gasteiger partial charge < -0.3 is 10.0 Å². The molecule has 78 valence electrons. The molecule has 2 nitrogen and oxygen atoms in total. The van der Waals surface area contributed by atoms with Crippen LogP contribution in [0, 0.1) is 0 Å². The van der Waals surface area contributed by atoms with E-state index in [0.717, 1.165) is 23.1 Å². The Bertz CT molecular complexity index is 297. The fraction of sp³-hybridized carbons (Fsp3) is 0.455. The fourth-order valence-corrected chi connectivity index (χ4v) is 1.94. The lowest BCUT2D eigenvalue weighted by Gasteiger charge is -2.21. The molecule has 3 heteroatoms. The van der Waals surface area contributed by atoms with Crippen molar-refractivity contribution in [2.45, 2.75) is 20.5 Å². The molecular formula is C11H16BrNO. The van der Waals surface area contributed by atoms with E-state index >= 15 is 0 Å². The largest absolute Gasteiger partial charge is 0.392 e. The summed E-state index contributed by atoms with van der Waals surface area (Å²) >= 11 is 3.45. The number of rotatable bonds is 4. The second-order valence-corrected chi connectivity index (χ2v) is 3.96. The van der Waals surface area contributed by atoms with Crippen LogP contribution in [0.25, 0.3) is 0 Å².